The number of rotatable bonds is 8. The highest BCUT2D eigenvalue weighted by Crippen LogP contribution is 2.28. The number of halogens is 1. The summed E-state index contributed by atoms with van der Waals surface area (Å²) in [4.78, 5) is 0. The second-order valence-corrected chi connectivity index (χ2v) is 5.06. The molecule has 1 N–H and O–H groups in total. The summed E-state index contributed by atoms with van der Waals surface area (Å²) in [6.07, 6.45) is 4.63. The van der Waals surface area contributed by atoms with Crippen LogP contribution in [0.25, 0.3) is 0 Å². The Labute approximate surface area is 115 Å². The smallest absolute Gasteiger partial charge is 0.165 e. The van der Waals surface area contributed by atoms with Crippen molar-refractivity contribution in [1.82, 2.24) is 0 Å². The van der Waals surface area contributed by atoms with Gasteiger partial charge in [-0.2, -0.15) is 0 Å². The Morgan fingerprint density at radius 2 is 2.05 bits per heavy atom. The van der Waals surface area contributed by atoms with E-state index in [1.54, 1.807) is 12.1 Å². The van der Waals surface area contributed by atoms with Gasteiger partial charge in [0.15, 0.2) is 11.6 Å². The maximum Gasteiger partial charge on any atom is 0.165 e. The zero-order chi connectivity index (χ0) is 14.3. The molecule has 0 amide bonds. The van der Waals surface area contributed by atoms with Crippen molar-refractivity contribution >= 4 is 0 Å². The molecule has 0 fully saturated rings. The van der Waals surface area contributed by atoms with Crippen molar-refractivity contribution in [3.8, 4) is 5.75 Å². The molecule has 2 atom stereocenters. The van der Waals surface area contributed by atoms with Crippen LogP contribution < -0.4 is 4.74 Å². The number of unbranched alkanes of at least 4 members (excludes halogenated alkanes) is 1. The fourth-order valence-corrected chi connectivity index (χ4v) is 2.32. The third-order valence-corrected chi connectivity index (χ3v) is 3.66. The van der Waals surface area contributed by atoms with Gasteiger partial charge in [-0.25, -0.2) is 4.39 Å². The molecule has 0 aliphatic heterocycles. The van der Waals surface area contributed by atoms with Crippen LogP contribution in [0.15, 0.2) is 18.2 Å². The molecule has 2 unspecified atom stereocenters. The first-order valence-electron chi connectivity index (χ1n) is 7.13. The predicted octanol–water partition coefficient (Wildman–Crippen LogP) is 4.47. The van der Waals surface area contributed by atoms with Gasteiger partial charge in [0.05, 0.1) is 13.2 Å². The van der Waals surface area contributed by atoms with Crippen molar-refractivity contribution in [2.75, 3.05) is 7.11 Å². The van der Waals surface area contributed by atoms with E-state index in [0.717, 1.165) is 12.8 Å². The van der Waals surface area contributed by atoms with Crippen LogP contribution in [-0.4, -0.2) is 12.2 Å². The Morgan fingerprint density at radius 3 is 2.58 bits per heavy atom. The van der Waals surface area contributed by atoms with E-state index in [9.17, 15) is 9.50 Å². The minimum Gasteiger partial charge on any atom is -0.494 e. The molecule has 1 aromatic rings. The molecular formula is C16H25FO2. The normalized spacial score (nSPS) is 14.2. The number of methoxy groups -OCH3 is 1. The first kappa shape index (κ1) is 16.0. The first-order chi connectivity index (χ1) is 9.12. The van der Waals surface area contributed by atoms with Crippen molar-refractivity contribution in [2.24, 2.45) is 5.92 Å². The zero-order valence-electron chi connectivity index (χ0n) is 12.2. The summed E-state index contributed by atoms with van der Waals surface area (Å²) < 4.78 is 18.5. The third-order valence-electron chi connectivity index (χ3n) is 3.66. The van der Waals surface area contributed by atoms with E-state index in [2.05, 4.69) is 13.8 Å². The van der Waals surface area contributed by atoms with E-state index in [4.69, 9.17) is 4.74 Å². The van der Waals surface area contributed by atoms with Gasteiger partial charge in [-0.15, -0.1) is 0 Å². The van der Waals surface area contributed by atoms with E-state index in [1.807, 2.05) is 0 Å². The molecule has 0 aliphatic rings. The molecule has 1 aromatic carbocycles. The summed E-state index contributed by atoms with van der Waals surface area (Å²) in [6, 6.07) is 4.68. The topological polar surface area (TPSA) is 29.5 Å². The molecule has 0 radical (unpaired) electrons. The summed E-state index contributed by atoms with van der Waals surface area (Å²) in [7, 11) is 1.44. The Balaban J connectivity index is 2.65. The maximum atomic E-state index is 13.6. The Hall–Kier alpha value is -1.09. The number of benzene rings is 1. The van der Waals surface area contributed by atoms with Crippen molar-refractivity contribution in [3.05, 3.63) is 29.6 Å². The van der Waals surface area contributed by atoms with Crippen LogP contribution >= 0.6 is 0 Å². The largest absolute Gasteiger partial charge is 0.494 e. The van der Waals surface area contributed by atoms with Crippen LogP contribution in [-0.2, 0) is 0 Å². The number of hydrogen-bond donors (Lipinski definition) is 1. The molecule has 0 saturated carbocycles. The second kappa shape index (κ2) is 8.16. The molecule has 0 bridgehead atoms. The van der Waals surface area contributed by atoms with E-state index in [-0.39, 0.29) is 5.75 Å². The van der Waals surface area contributed by atoms with Gasteiger partial charge < -0.3 is 9.84 Å². The van der Waals surface area contributed by atoms with Crippen molar-refractivity contribution in [1.29, 1.82) is 0 Å². The molecule has 108 valence electrons. The average molecular weight is 268 g/mol. The number of ether oxygens (including phenoxy) is 1. The molecule has 0 heterocycles. The number of aliphatic hydroxyl groups excluding tert-OH is 1. The molecule has 0 spiro atoms. The molecule has 1 rings (SSSR count). The van der Waals surface area contributed by atoms with Crippen molar-refractivity contribution in [2.45, 2.75) is 52.1 Å². The lowest BCUT2D eigenvalue weighted by Gasteiger charge is -2.19. The SMILES string of the molecule is CCCCC(CC)CC(O)c1ccc(OC)c(F)c1. The average Bonchev–Trinajstić information content (AvgIpc) is 2.43. The molecular weight excluding hydrogens is 243 g/mol. The lowest BCUT2D eigenvalue weighted by Crippen LogP contribution is -2.07. The van der Waals surface area contributed by atoms with E-state index < -0.39 is 11.9 Å². The maximum absolute atomic E-state index is 13.6. The molecule has 3 heteroatoms. The molecule has 0 aromatic heterocycles. The molecule has 0 aliphatic carbocycles. The Kier molecular flexibility index (Phi) is 6.85. The summed E-state index contributed by atoms with van der Waals surface area (Å²) in [6.45, 7) is 4.31. The van der Waals surface area contributed by atoms with Crippen molar-refractivity contribution in [3.63, 3.8) is 0 Å². The van der Waals surface area contributed by atoms with Gasteiger partial charge >= 0.3 is 0 Å². The van der Waals surface area contributed by atoms with Crippen molar-refractivity contribution < 1.29 is 14.2 Å². The summed E-state index contributed by atoms with van der Waals surface area (Å²) in [5, 5.41) is 10.2. The van der Waals surface area contributed by atoms with Gasteiger partial charge in [-0.3, -0.25) is 0 Å². The molecule has 0 saturated heterocycles. The standard InChI is InChI=1S/C16H25FO2/c1-4-6-7-12(5-2)10-15(18)13-8-9-16(19-3)14(17)11-13/h8-9,11-12,15,18H,4-7,10H2,1-3H3. The van der Waals surface area contributed by atoms with Gasteiger partial charge in [0.1, 0.15) is 0 Å². The van der Waals surface area contributed by atoms with E-state index in [1.165, 1.54) is 26.0 Å². The first-order valence-corrected chi connectivity index (χ1v) is 7.13. The second-order valence-electron chi connectivity index (χ2n) is 5.06. The van der Waals surface area contributed by atoms with E-state index >= 15 is 0 Å². The summed E-state index contributed by atoms with van der Waals surface area (Å²) in [5.74, 6) is 0.301. The quantitative estimate of drug-likeness (QED) is 0.753. The third kappa shape index (κ3) is 4.83. The van der Waals surface area contributed by atoms with Gasteiger partial charge in [-0.05, 0) is 30.0 Å². The minimum atomic E-state index is -0.595. The zero-order valence-corrected chi connectivity index (χ0v) is 12.2. The van der Waals surface area contributed by atoms with Crippen LogP contribution in [0.5, 0.6) is 5.75 Å². The van der Waals surface area contributed by atoms with E-state index in [0.29, 0.717) is 17.9 Å². The molecule has 19 heavy (non-hydrogen) atoms. The Morgan fingerprint density at radius 1 is 1.32 bits per heavy atom. The minimum absolute atomic E-state index is 0.217. The molecule has 2 nitrogen and oxygen atoms in total. The fourth-order valence-electron chi connectivity index (χ4n) is 2.32. The lowest BCUT2D eigenvalue weighted by molar-refractivity contribution is 0.138. The van der Waals surface area contributed by atoms with Crippen LogP contribution in [0.2, 0.25) is 0 Å². The summed E-state index contributed by atoms with van der Waals surface area (Å²) in [5.41, 5.74) is 0.633. The summed E-state index contributed by atoms with van der Waals surface area (Å²) >= 11 is 0. The van der Waals surface area contributed by atoms with Crippen LogP contribution in [0.1, 0.15) is 57.6 Å². The fraction of sp³-hybridized carbons (Fsp3) is 0.625. The Bertz CT molecular complexity index is 379. The highest BCUT2D eigenvalue weighted by atomic mass is 19.1. The highest BCUT2D eigenvalue weighted by Gasteiger charge is 2.16. The number of hydrogen-bond acceptors (Lipinski definition) is 2. The monoisotopic (exact) mass is 268 g/mol. The van der Waals surface area contributed by atoms with Crippen LogP contribution in [0, 0.1) is 11.7 Å². The lowest BCUT2D eigenvalue weighted by atomic mass is 9.90. The van der Waals surface area contributed by atoms with Crippen LogP contribution in [0.3, 0.4) is 0 Å². The highest BCUT2D eigenvalue weighted by molar-refractivity contribution is 5.30. The predicted molar refractivity (Wildman–Crippen MR) is 75.8 cm³/mol. The van der Waals surface area contributed by atoms with Gasteiger partial charge in [-0.1, -0.05) is 45.6 Å². The number of aliphatic hydroxyl groups is 1. The van der Waals surface area contributed by atoms with Gasteiger partial charge in [0.25, 0.3) is 0 Å². The van der Waals surface area contributed by atoms with Gasteiger partial charge in [0, 0.05) is 0 Å². The van der Waals surface area contributed by atoms with Crippen LogP contribution in [0.4, 0.5) is 4.39 Å². The van der Waals surface area contributed by atoms with Gasteiger partial charge in [0.2, 0.25) is 0 Å².